The van der Waals surface area contributed by atoms with Gasteiger partial charge in [0.2, 0.25) is 5.91 Å². The predicted octanol–water partition coefficient (Wildman–Crippen LogP) is 2.50. The van der Waals surface area contributed by atoms with Gasteiger partial charge >= 0.3 is 0 Å². The molecule has 39 heavy (non-hydrogen) atoms. The van der Waals surface area contributed by atoms with Crippen LogP contribution in [0.1, 0.15) is 28.0 Å². The Bertz CT molecular complexity index is 1550. The molecular formula is C29H30N4O5S. The number of carbonyl (C=O) groups is 2. The van der Waals surface area contributed by atoms with Gasteiger partial charge in [0.1, 0.15) is 5.56 Å². The van der Waals surface area contributed by atoms with Gasteiger partial charge in [-0.25, -0.2) is 8.42 Å². The number of benzene rings is 2. The minimum Gasteiger partial charge on any atom is -0.371 e. The molecule has 2 aliphatic rings. The summed E-state index contributed by atoms with van der Waals surface area (Å²) in [5, 5.41) is 3.61. The molecule has 0 radical (unpaired) electrons. The number of nitrogens with one attached hydrogen (secondary N) is 2. The van der Waals surface area contributed by atoms with E-state index in [2.05, 4.69) is 15.2 Å². The Morgan fingerprint density at radius 1 is 1.03 bits per heavy atom. The van der Waals surface area contributed by atoms with E-state index in [1.54, 1.807) is 23.1 Å². The van der Waals surface area contributed by atoms with Gasteiger partial charge in [-0.05, 0) is 42.3 Å². The van der Waals surface area contributed by atoms with E-state index in [0.717, 1.165) is 35.3 Å². The lowest BCUT2D eigenvalue weighted by atomic mass is 10.0. The van der Waals surface area contributed by atoms with Gasteiger partial charge in [-0.1, -0.05) is 42.5 Å². The van der Waals surface area contributed by atoms with Crippen molar-refractivity contribution in [1.82, 2.24) is 15.2 Å². The van der Waals surface area contributed by atoms with E-state index in [9.17, 15) is 22.8 Å². The molecule has 0 aliphatic carbocycles. The molecule has 0 saturated carbocycles. The number of carbonyl (C=O) groups excluding carboxylic acids is 2. The van der Waals surface area contributed by atoms with Gasteiger partial charge in [0, 0.05) is 55.9 Å². The summed E-state index contributed by atoms with van der Waals surface area (Å²) in [4.78, 5) is 45.6. The number of pyridine rings is 1. The number of para-hydroxylation sites is 1. The number of aromatic nitrogens is 1. The number of rotatable bonds is 7. The monoisotopic (exact) mass is 546 g/mol. The van der Waals surface area contributed by atoms with E-state index < -0.39 is 21.3 Å². The van der Waals surface area contributed by atoms with Crippen LogP contribution in [0, 0.1) is 5.92 Å². The van der Waals surface area contributed by atoms with Gasteiger partial charge in [-0.2, -0.15) is 0 Å². The number of hydrogen-bond donors (Lipinski definition) is 2. The first-order valence-corrected chi connectivity index (χ1v) is 14.5. The number of amides is 2. The van der Waals surface area contributed by atoms with Crippen molar-refractivity contribution in [3.8, 4) is 0 Å². The van der Waals surface area contributed by atoms with E-state index in [1.165, 1.54) is 24.3 Å². The van der Waals surface area contributed by atoms with E-state index >= 15 is 0 Å². The molecule has 9 nitrogen and oxygen atoms in total. The van der Waals surface area contributed by atoms with Gasteiger partial charge in [-0.3, -0.25) is 14.4 Å². The van der Waals surface area contributed by atoms with Gasteiger partial charge in [0.15, 0.2) is 9.84 Å². The van der Waals surface area contributed by atoms with Crippen LogP contribution in [0.5, 0.6) is 0 Å². The minimum atomic E-state index is -3.62. The lowest BCUT2D eigenvalue weighted by Gasteiger charge is -2.31. The molecule has 1 unspecified atom stereocenters. The number of hydrogen-bond acceptors (Lipinski definition) is 6. The molecule has 2 N–H and O–H groups in total. The maximum atomic E-state index is 13.3. The smallest absolute Gasteiger partial charge is 0.261 e. The van der Waals surface area contributed by atoms with Crippen LogP contribution in [-0.2, 0) is 27.6 Å². The molecule has 0 spiro atoms. The van der Waals surface area contributed by atoms with Crippen molar-refractivity contribution in [2.24, 2.45) is 5.92 Å². The van der Waals surface area contributed by atoms with Crippen LogP contribution in [-0.4, -0.2) is 56.3 Å². The van der Waals surface area contributed by atoms with Crippen molar-refractivity contribution < 1.29 is 18.0 Å². The second kappa shape index (κ2) is 11.3. The number of anilines is 1. The number of aromatic amines is 1. The maximum absolute atomic E-state index is 13.3. The summed E-state index contributed by atoms with van der Waals surface area (Å²) < 4.78 is 24.7. The first kappa shape index (κ1) is 26.4. The summed E-state index contributed by atoms with van der Waals surface area (Å²) in [5.74, 6) is -0.629. The molecular weight excluding hydrogens is 516 g/mol. The average Bonchev–Trinajstić information content (AvgIpc) is 3.46. The van der Waals surface area contributed by atoms with Crippen molar-refractivity contribution >= 4 is 27.3 Å². The first-order chi connectivity index (χ1) is 18.8. The third-order valence-corrected chi connectivity index (χ3v) is 8.63. The summed E-state index contributed by atoms with van der Waals surface area (Å²) in [6.45, 7) is 2.26. The SMILES string of the molecule is O=C(NC/C=C/S(=O)(=O)c1ccccc1)c1cc2c([nH]c1=O)CCN(C(=O)C1CCN(c3ccccc3)C1)C2. The Hall–Kier alpha value is -4.18. The molecule has 10 heteroatoms. The highest BCUT2D eigenvalue weighted by atomic mass is 32.2. The fourth-order valence-corrected chi connectivity index (χ4v) is 6.11. The van der Waals surface area contributed by atoms with E-state index in [0.29, 0.717) is 26.1 Å². The summed E-state index contributed by atoms with van der Waals surface area (Å²) in [6, 6.07) is 19.6. The average molecular weight is 547 g/mol. The highest BCUT2D eigenvalue weighted by Gasteiger charge is 2.33. The van der Waals surface area contributed by atoms with Crippen molar-refractivity contribution in [2.75, 3.05) is 31.1 Å². The van der Waals surface area contributed by atoms with Crippen LogP contribution >= 0.6 is 0 Å². The van der Waals surface area contributed by atoms with Crippen LogP contribution in [0.25, 0.3) is 0 Å². The lowest BCUT2D eigenvalue weighted by Crippen LogP contribution is -2.42. The fraction of sp³-hybridized carbons (Fsp3) is 0.276. The maximum Gasteiger partial charge on any atom is 0.261 e. The lowest BCUT2D eigenvalue weighted by molar-refractivity contribution is -0.135. The standard InChI is InChI=1S/C29H30N4O5S/c34-27(30-14-7-17-39(37,38)24-10-5-2-6-11-24)25-18-22-20-33(16-13-26(22)31-28(25)35)29(36)21-12-15-32(19-21)23-8-3-1-4-9-23/h1-11,17-18,21H,12-16,19-20H2,(H,30,34)(H,31,35)/b17-7+. The molecule has 1 aromatic heterocycles. The third-order valence-electron chi connectivity index (χ3n) is 7.15. The normalized spacial score (nSPS) is 17.3. The Balaban J connectivity index is 1.21. The number of H-pyrrole nitrogens is 1. The topological polar surface area (TPSA) is 120 Å². The number of fused-ring (bicyclic) bond motifs is 1. The number of sulfone groups is 1. The molecule has 5 rings (SSSR count). The molecule has 202 valence electrons. The number of nitrogens with zero attached hydrogens (tertiary/aromatic N) is 2. The van der Waals surface area contributed by atoms with Crippen LogP contribution in [0.15, 0.2) is 87.9 Å². The second-order valence-electron chi connectivity index (χ2n) is 9.73. The van der Waals surface area contributed by atoms with Gasteiger partial charge in [-0.15, -0.1) is 0 Å². The molecule has 2 aromatic carbocycles. The van der Waals surface area contributed by atoms with Crippen molar-refractivity contribution in [1.29, 1.82) is 0 Å². The Labute approximate surface area is 227 Å². The summed E-state index contributed by atoms with van der Waals surface area (Å²) >= 11 is 0. The molecule has 1 saturated heterocycles. The Kier molecular flexibility index (Phi) is 7.65. The third kappa shape index (κ3) is 5.96. The van der Waals surface area contributed by atoms with E-state index in [1.807, 2.05) is 30.3 Å². The quantitative estimate of drug-likeness (QED) is 0.470. The van der Waals surface area contributed by atoms with E-state index in [-0.39, 0.29) is 28.8 Å². The molecule has 2 amide bonds. The second-order valence-corrected chi connectivity index (χ2v) is 11.6. The van der Waals surface area contributed by atoms with Crippen molar-refractivity contribution in [3.63, 3.8) is 0 Å². The van der Waals surface area contributed by atoms with Gasteiger partial charge < -0.3 is 20.1 Å². The first-order valence-electron chi connectivity index (χ1n) is 12.9. The predicted molar refractivity (Wildman–Crippen MR) is 148 cm³/mol. The zero-order valence-electron chi connectivity index (χ0n) is 21.4. The molecule has 2 aliphatic heterocycles. The molecule has 0 bridgehead atoms. The molecule has 3 aromatic rings. The fourth-order valence-electron chi connectivity index (χ4n) is 5.07. The van der Waals surface area contributed by atoms with Crippen LogP contribution < -0.4 is 15.8 Å². The summed E-state index contributed by atoms with van der Waals surface area (Å²) in [5.41, 5.74) is 1.99. The molecule has 1 fully saturated rings. The van der Waals surface area contributed by atoms with Crippen molar-refractivity contribution in [3.05, 3.63) is 105 Å². The summed E-state index contributed by atoms with van der Waals surface area (Å²) in [7, 11) is -3.62. The van der Waals surface area contributed by atoms with Crippen LogP contribution in [0.3, 0.4) is 0 Å². The highest BCUT2D eigenvalue weighted by molar-refractivity contribution is 7.94. The molecule has 3 heterocycles. The largest absolute Gasteiger partial charge is 0.371 e. The summed E-state index contributed by atoms with van der Waals surface area (Å²) in [6.07, 6.45) is 2.62. The highest BCUT2D eigenvalue weighted by Crippen LogP contribution is 2.27. The Morgan fingerprint density at radius 3 is 2.49 bits per heavy atom. The zero-order chi connectivity index (χ0) is 27.4. The van der Waals surface area contributed by atoms with E-state index in [4.69, 9.17) is 0 Å². The minimum absolute atomic E-state index is 0.0639. The van der Waals surface area contributed by atoms with Crippen LogP contribution in [0.2, 0.25) is 0 Å². The Morgan fingerprint density at radius 2 is 1.74 bits per heavy atom. The zero-order valence-corrected chi connectivity index (χ0v) is 22.2. The van der Waals surface area contributed by atoms with Gasteiger partial charge in [0.05, 0.1) is 10.8 Å². The van der Waals surface area contributed by atoms with Crippen molar-refractivity contribution in [2.45, 2.75) is 24.3 Å². The van der Waals surface area contributed by atoms with Crippen LogP contribution in [0.4, 0.5) is 5.69 Å². The van der Waals surface area contributed by atoms with Gasteiger partial charge in [0.25, 0.3) is 11.5 Å². The molecule has 1 atom stereocenters.